The van der Waals surface area contributed by atoms with E-state index in [-0.39, 0.29) is 0 Å². The zero-order valence-corrected chi connectivity index (χ0v) is 10.6. The Labute approximate surface area is 106 Å². The van der Waals surface area contributed by atoms with Gasteiger partial charge in [0.15, 0.2) is 0 Å². The summed E-state index contributed by atoms with van der Waals surface area (Å²) < 4.78 is 0. The van der Waals surface area contributed by atoms with Crippen molar-refractivity contribution in [2.75, 3.05) is 18.0 Å². The van der Waals surface area contributed by atoms with Gasteiger partial charge in [0, 0.05) is 23.8 Å². The van der Waals surface area contributed by atoms with Crippen molar-refractivity contribution in [1.82, 2.24) is 0 Å². The zero-order chi connectivity index (χ0) is 12.5. The number of carboxylic acid groups (broad SMARTS) is 1. The molecule has 0 radical (unpaired) electrons. The molecule has 1 aliphatic rings. The molecule has 1 saturated heterocycles. The van der Waals surface area contributed by atoms with Crippen molar-refractivity contribution < 1.29 is 9.90 Å². The Morgan fingerprint density at radius 3 is 2.59 bits per heavy atom. The van der Waals surface area contributed by atoms with Crippen LogP contribution in [-0.2, 0) is 4.79 Å². The topological polar surface area (TPSA) is 40.5 Å². The third-order valence-electron chi connectivity index (χ3n) is 3.56. The highest BCUT2D eigenvalue weighted by atomic mass is 35.5. The summed E-state index contributed by atoms with van der Waals surface area (Å²) >= 11 is 5.95. The lowest BCUT2D eigenvalue weighted by molar-refractivity contribution is -0.149. The van der Waals surface area contributed by atoms with E-state index in [4.69, 9.17) is 16.7 Å². The highest BCUT2D eigenvalue weighted by Crippen LogP contribution is 2.33. The van der Waals surface area contributed by atoms with Crippen LogP contribution in [0.5, 0.6) is 0 Å². The van der Waals surface area contributed by atoms with Crippen LogP contribution in [0.25, 0.3) is 0 Å². The van der Waals surface area contributed by atoms with Gasteiger partial charge in [-0.25, -0.2) is 0 Å². The van der Waals surface area contributed by atoms with Crippen molar-refractivity contribution in [1.29, 1.82) is 0 Å². The Kier molecular flexibility index (Phi) is 3.29. The summed E-state index contributed by atoms with van der Waals surface area (Å²) in [6.45, 7) is 3.36. The number of rotatable bonds is 2. The molecule has 1 fully saturated rings. The molecule has 1 aromatic carbocycles. The second-order valence-corrected chi connectivity index (χ2v) is 5.27. The molecule has 0 amide bonds. The van der Waals surface area contributed by atoms with Gasteiger partial charge in [0.1, 0.15) is 0 Å². The number of halogens is 1. The van der Waals surface area contributed by atoms with Crippen LogP contribution in [0, 0.1) is 5.41 Å². The number of nitrogens with zero attached hydrogens (tertiary/aromatic N) is 1. The molecule has 0 bridgehead atoms. The lowest BCUT2D eigenvalue weighted by atomic mass is 9.80. The molecule has 0 aromatic heterocycles. The highest BCUT2D eigenvalue weighted by Gasteiger charge is 2.36. The van der Waals surface area contributed by atoms with Gasteiger partial charge >= 0.3 is 5.97 Å². The summed E-state index contributed by atoms with van der Waals surface area (Å²) in [5, 5.41) is 9.88. The predicted octanol–water partition coefficient (Wildman–Crippen LogP) is 3.03. The molecule has 4 heteroatoms. The average Bonchev–Trinajstić information content (AvgIpc) is 2.30. The lowest BCUT2D eigenvalue weighted by Gasteiger charge is -2.37. The number of carboxylic acids is 1. The highest BCUT2D eigenvalue weighted by molar-refractivity contribution is 6.30. The van der Waals surface area contributed by atoms with Crippen LogP contribution in [0.2, 0.25) is 5.02 Å². The molecule has 0 atom stereocenters. The molecular weight excluding hydrogens is 238 g/mol. The van der Waals surface area contributed by atoms with Crippen LogP contribution in [0.3, 0.4) is 0 Å². The number of hydrogen-bond donors (Lipinski definition) is 1. The second-order valence-electron chi connectivity index (χ2n) is 4.83. The van der Waals surface area contributed by atoms with Gasteiger partial charge in [0.05, 0.1) is 5.41 Å². The van der Waals surface area contributed by atoms with Crippen LogP contribution in [-0.4, -0.2) is 24.2 Å². The van der Waals surface area contributed by atoms with Crippen molar-refractivity contribution in [2.24, 2.45) is 5.41 Å². The number of piperidine rings is 1. The minimum atomic E-state index is -0.691. The van der Waals surface area contributed by atoms with E-state index in [0.717, 1.165) is 18.8 Å². The standard InChI is InChI=1S/C13H16ClNO2/c1-13(12(16)17)5-7-15(8-6-13)11-4-2-3-10(14)9-11/h2-4,9H,5-8H2,1H3,(H,16,17). The van der Waals surface area contributed by atoms with Gasteiger partial charge in [0.25, 0.3) is 0 Å². The first-order valence-corrected chi connectivity index (χ1v) is 6.13. The average molecular weight is 254 g/mol. The first kappa shape index (κ1) is 12.2. The third-order valence-corrected chi connectivity index (χ3v) is 3.79. The quantitative estimate of drug-likeness (QED) is 0.881. The van der Waals surface area contributed by atoms with E-state index in [1.807, 2.05) is 31.2 Å². The molecule has 2 rings (SSSR count). The molecule has 17 heavy (non-hydrogen) atoms. The zero-order valence-electron chi connectivity index (χ0n) is 9.82. The smallest absolute Gasteiger partial charge is 0.309 e. The van der Waals surface area contributed by atoms with Crippen molar-refractivity contribution in [3.8, 4) is 0 Å². The molecule has 1 heterocycles. The Bertz CT molecular complexity index is 425. The molecule has 1 aromatic rings. The van der Waals surface area contributed by atoms with E-state index in [0.29, 0.717) is 17.9 Å². The second kappa shape index (κ2) is 4.57. The normalized spacial score (nSPS) is 19.1. The SMILES string of the molecule is CC1(C(=O)O)CCN(c2cccc(Cl)c2)CC1. The summed E-state index contributed by atoms with van der Waals surface area (Å²) in [5.74, 6) is -0.691. The Balaban J connectivity index is 2.07. The molecule has 1 aliphatic heterocycles. The Hall–Kier alpha value is -1.22. The number of anilines is 1. The molecular formula is C13H16ClNO2. The van der Waals surface area contributed by atoms with Crippen molar-refractivity contribution in [3.05, 3.63) is 29.3 Å². The Morgan fingerprint density at radius 1 is 1.41 bits per heavy atom. The van der Waals surface area contributed by atoms with Gasteiger partial charge in [-0.3, -0.25) is 4.79 Å². The molecule has 0 spiro atoms. The lowest BCUT2D eigenvalue weighted by Crippen LogP contribution is -2.42. The summed E-state index contributed by atoms with van der Waals surface area (Å²) in [4.78, 5) is 13.3. The van der Waals surface area contributed by atoms with Gasteiger partial charge in [-0.2, -0.15) is 0 Å². The summed E-state index contributed by atoms with van der Waals surface area (Å²) in [6, 6.07) is 7.69. The first-order valence-electron chi connectivity index (χ1n) is 5.75. The van der Waals surface area contributed by atoms with Crippen molar-refractivity contribution >= 4 is 23.3 Å². The monoisotopic (exact) mass is 253 g/mol. The number of benzene rings is 1. The summed E-state index contributed by atoms with van der Waals surface area (Å²) in [6.07, 6.45) is 1.35. The molecule has 0 saturated carbocycles. The fourth-order valence-corrected chi connectivity index (χ4v) is 2.33. The van der Waals surface area contributed by atoms with Gasteiger partial charge < -0.3 is 10.0 Å². The molecule has 92 valence electrons. The van der Waals surface area contributed by atoms with E-state index in [2.05, 4.69) is 4.90 Å². The number of aliphatic carboxylic acids is 1. The molecule has 1 N–H and O–H groups in total. The summed E-state index contributed by atoms with van der Waals surface area (Å²) in [7, 11) is 0. The van der Waals surface area contributed by atoms with Crippen LogP contribution in [0.15, 0.2) is 24.3 Å². The van der Waals surface area contributed by atoms with Gasteiger partial charge in [-0.15, -0.1) is 0 Å². The predicted molar refractivity (Wildman–Crippen MR) is 68.6 cm³/mol. The first-order chi connectivity index (χ1) is 8.01. The van der Waals surface area contributed by atoms with Crippen LogP contribution in [0.4, 0.5) is 5.69 Å². The van der Waals surface area contributed by atoms with Crippen molar-refractivity contribution in [3.63, 3.8) is 0 Å². The van der Waals surface area contributed by atoms with E-state index >= 15 is 0 Å². The molecule has 3 nitrogen and oxygen atoms in total. The minimum absolute atomic E-state index is 0.574. The molecule has 0 aliphatic carbocycles. The fraction of sp³-hybridized carbons (Fsp3) is 0.462. The third kappa shape index (κ3) is 2.55. The number of hydrogen-bond acceptors (Lipinski definition) is 2. The number of carbonyl (C=O) groups is 1. The van der Waals surface area contributed by atoms with Crippen LogP contribution < -0.4 is 4.90 Å². The maximum Gasteiger partial charge on any atom is 0.309 e. The van der Waals surface area contributed by atoms with E-state index < -0.39 is 11.4 Å². The van der Waals surface area contributed by atoms with Crippen LogP contribution >= 0.6 is 11.6 Å². The minimum Gasteiger partial charge on any atom is -0.481 e. The largest absolute Gasteiger partial charge is 0.481 e. The van der Waals surface area contributed by atoms with Gasteiger partial charge in [-0.05, 0) is 38.0 Å². The van der Waals surface area contributed by atoms with Gasteiger partial charge in [0.2, 0.25) is 0 Å². The van der Waals surface area contributed by atoms with E-state index in [1.165, 1.54) is 0 Å². The maximum atomic E-state index is 11.1. The fourth-order valence-electron chi connectivity index (χ4n) is 2.15. The van der Waals surface area contributed by atoms with E-state index in [1.54, 1.807) is 0 Å². The van der Waals surface area contributed by atoms with Crippen LogP contribution in [0.1, 0.15) is 19.8 Å². The van der Waals surface area contributed by atoms with Crippen molar-refractivity contribution in [2.45, 2.75) is 19.8 Å². The Morgan fingerprint density at radius 2 is 2.06 bits per heavy atom. The molecule has 0 unspecified atom stereocenters. The van der Waals surface area contributed by atoms with E-state index in [9.17, 15) is 4.79 Å². The maximum absolute atomic E-state index is 11.1. The summed E-state index contributed by atoms with van der Waals surface area (Å²) in [5.41, 5.74) is 0.500. The van der Waals surface area contributed by atoms with Gasteiger partial charge in [-0.1, -0.05) is 17.7 Å².